The number of benzene rings is 2. The van der Waals surface area contributed by atoms with E-state index in [4.69, 9.17) is 9.47 Å². The topological polar surface area (TPSA) is 57.0 Å². The van der Waals surface area contributed by atoms with Gasteiger partial charge in [0.05, 0.1) is 23.7 Å². The van der Waals surface area contributed by atoms with E-state index in [2.05, 4.69) is 6.07 Å². The summed E-state index contributed by atoms with van der Waals surface area (Å²) in [6, 6.07) is 15.8. The number of nitrogens with zero attached hydrogens (tertiary/aromatic N) is 1. The number of hydrogen-bond acceptors (Lipinski definition) is 4. The summed E-state index contributed by atoms with van der Waals surface area (Å²) in [6.07, 6.45) is 5.91. The molecule has 2 aromatic heterocycles. The zero-order valence-corrected chi connectivity index (χ0v) is 20.3. The first-order valence-corrected chi connectivity index (χ1v) is 12.1. The molecule has 2 aromatic carbocycles. The fraction of sp³-hybridized carbons (Fsp3) is 0.379. The highest BCUT2D eigenvalue weighted by atomic mass is 16.6. The van der Waals surface area contributed by atoms with E-state index in [1.165, 1.54) is 31.9 Å². The fourth-order valence-corrected chi connectivity index (χ4v) is 5.41. The number of esters is 2. The number of hydrogen-bond donors (Lipinski definition) is 0. The minimum Gasteiger partial charge on any atom is -0.465 e. The summed E-state index contributed by atoms with van der Waals surface area (Å²) in [4.78, 5) is 25.9. The fourth-order valence-electron chi connectivity index (χ4n) is 5.41. The van der Waals surface area contributed by atoms with E-state index >= 15 is 0 Å². The number of aromatic nitrogens is 1. The van der Waals surface area contributed by atoms with Gasteiger partial charge >= 0.3 is 11.9 Å². The van der Waals surface area contributed by atoms with Crippen LogP contribution in [0.4, 0.5) is 0 Å². The zero-order valence-electron chi connectivity index (χ0n) is 20.3. The standard InChI is InChI=1S/C29H31NO4/c1-29(2,3)34-28(32)24-16-19-12-8-9-13-21(19)26-25(18-10-6-5-7-11-18)22-15-14-20(27(31)33-4)17-23(22)30(24)26/h8-9,12-18H,5-7,10-11H2,1-4H3. The lowest BCUT2D eigenvalue weighted by Gasteiger charge is -2.23. The van der Waals surface area contributed by atoms with E-state index in [1.807, 2.05) is 67.6 Å². The van der Waals surface area contributed by atoms with Gasteiger partial charge in [-0.1, -0.05) is 49.6 Å². The monoisotopic (exact) mass is 457 g/mol. The number of ether oxygens (including phenoxy) is 2. The van der Waals surface area contributed by atoms with Gasteiger partial charge in [-0.2, -0.15) is 0 Å². The van der Waals surface area contributed by atoms with Crippen molar-refractivity contribution in [2.24, 2.45) is 0 Å². The molecule has 0 aliphatic heterocycles. The molecular formula is C29H31NO4. The predicted octanol–water partition coefficient (Wildman–Crippen LogP) is 7.04. The SMILES string of the molecule is COC(=O)c1ccc2c(C3CCCCC3)c3c4ccccc4cc(C(=O)OC(C)(C)C)n3c2c1. The van der Waals surface area contributed by atoms with Crippen molar-refractivity contribution in [1.29, 1.82) is 0 Å². The van der Waals surface area contributed by atoms with Crippen LogP contribution in [0.1, 0.15) is 85.2 Å². The lowest BCUT2D eigenvalue weighted by molar-refractivity contribution is 0.00617. The van der Waals surface area contributed by atoms with Crippen LogP contribution in [0.5, 0.6) is 0 Å². The van der Waals surface area contributed by atoms with Gasteiger partial charge in [-0.05, 0) is 68.7 Å². The van der Waals surface area contributed by atoms with E-state index in [9.17, 15) is 9.59 Å². The first-order chi connectivity index (χ1) is 16.3. The first-order valence-electron chi connectivity index (χ1n) is 12.1. The van der Waals surface area contributed by atoms with Gasteiger partial charge in [0.25, 0.3) is 0 Å². The number of carbonyl (C=O) groups excluding carboxylic acids is 2. The average Bonchev–Trinajstić information content (AvgIpc) is 3.17. The van der Waals surface area contributed by atoms with Gasteiger partial charge in [0, 0.05) is 10.8 Å². The van der Waals surface area contributed by atoms with Gasteiger partial charge in [0.1, 0.15) is 11.3 Å². The molecule has 2 heterocycles. The zero-order chi connectivity index (χ0) is 24.0. The van der Waals surface area contributed by atoms with Crippen LogP contribution in [0.25, 0.3) is 27.2 Å². The van der Waals surface area contributed by atoms with E-state index in [-0.39, 0.29) is 5.97 Å². The second-order valence-corrected chi connectivity index (χ2v) is 10.3. The molecule has 176 valence electrons. The lowest BCUT2D eigenvalue weighted by atomic mass is 9.82. The van der Waals surface area contributed by atoms with Gasteiger partial charge < -0.3 is 13.9 Å². The molecule has 0 saturated heterocycles. The van der Waals surface area contributed by atoms with Crippen LogP contribution in [0.2, 0.25) is 0 Å². The van der Waals surface area contributed by atoms with Crippen LogP contribution >= 0.6 is 0 Å². The molecule has 1 aliphatic rings. The molecule has 0 amide bonds. The maximum Gasteiger partial charge on any atom is 0.355 e. The molecule has 0 unspecified atom stereocenters. The van der Waals surface area contributed by atoms with Crippen molar-refractivity contribution in [3.8, 4) is 0 Å². The molecule has 0 N–H and O–H groups in total. The summed E-state index contributed by atoms with van der Waals surface area (Å²) in [7, 11) is 1.38. The molecule has 0 atom stereocenters. The summed E-state index contributed by atoms with van der Waals surface area (Å²) >= 11 is 0. The quantitative estimate of drug-likeness (QED) is 0.310. The normalized spacial score (nSPS) is 15.2. The largest absolute Gasteiger partial charge is 0.465 e. The van der Waals surface area contributed by atoms with Crippen molar-refractivity contribution < 1.29 is 19.1 Å². The molecule has 5 heteroatoms. The Balaban J connectivity index is 1.93. The number of carbonyl (C=O) groups is 2. The van der Waals surface area contributed by atoms with Gasteiger partial charge in [-0.3, -0.25) is 0 Å². The highest BCUT2D eigenvalue weighted by molar-refractivity contribution is 6.10. The minimum absolute atomic E-state index is 0.376. The third-order valence-electron chi connectivity index (χ3n) is 6.80. The average molecular weight is 458 g/mol. The Kier molecular flexibility index (Phi) is 5.59. The molecule has 4 aromatic rings. The van der Waals surface area contributed by atoms with Gasteiger partial charge in [-0.25, -0.2) is 9.59 Å². The van der Waals surface area contributed by atoms with Crippen LogP contribution in [0, 0.1) is 0 Å². The molecule has 0 spiro atoms. The van der Waals surface area contributed by atoms with Crippen LogP contribution < -0.4 is 0 Å². The second-order valence-electron chi connectivity index (χ2n) is 10.3. The molecular weight excluding hydrogens is 426 g/mol. The Morgan fingerprint density at radius 2 is 1.65 bits per heavy atom. The van der Waals surface area contributed by atoms with Crippen LogP contribution in [-0.4, -0.2) is 29.1 Å². The van der Waals surface area contributed by atoms with Crippen molar-refractivity contribution in [3.05, 3.63) is 65.4 Å². The van der Waals surface area contributed by atoms with Crippen LogP contribution in [-0.2, 0) is 9.47 Å². The highest BCUT2D eigenvalue weighted by Crippen LogP contribution is 2.43. The van der Waals surface area contributed by atoms with Gasteiger partial charge in [-0.15, -0.1) is 0 Å². The van der Waals surface area contributed by atoms with E-state index in [0.29, 0.717) is 17.2 Å². The maximum atomic E-state index is 13.5. The van der Waals surface area contributed by atoms with Gasteiger partial charge in [0.2, 0.25) is 0 Å². The van der Waals surface area contributed by atoms with Crippen molar-refractivity contribution in [1.82, 2.24) is 4.40 Å². The molecule has 34 heavy (non-hydrogen) atoms. The summed E-state index contributed by atoms with van der Waals surface area (Å²) < 4.78 is 12.8. The third kappa shape index (κ3) is 3.83. The lowest BCUT2D eigenvalue weighted by Crippen LogP contribution is -2.25. The Morgan fingerprint density at radius 3 is 2.35 bits per heavy atom. The highest BCUT2D eigenvalue weighted by Gasteiger charge is 2.28. The van der Waals surface area contributed by atoms with Crippen molar-refractivity contribution in [3.63, 3.8) is 0 Å². The minimum atomic E-state index is -0.624. The Morgan fingerprint density at radius 1 is 0.912 bits per heavy atom. The second kappa shape index (κ2) is 8.46. The molecule has 1 aliphatic carbocycles. The molecule has 5 rings (SSSR count). The number of methoxy groups -OCH3 is 1. The van der Waals surface area contributed by atoms with Crippen molar-refractivity contribution >= 4 is 39.1 Å². The molecule has 0 bridgehead atoms. The predicted molar refractivity (Wildman–Crippen MR) is 135 cm³/mol. The summed E-state index contributed by atoms with van der Waals surface area (Å²) in [5.74, 6) is -0.364. The first kappa shape index (κ1) is 22.5. The summed E-state index contributed by atoms with van der Waals surface area (Å²) in [5, 5.41) is 3.19. The number of pyridine rings is 1. The molecule has 5 nitrogen and oxygen atoms in total. The maximum absolute atomic E-state index is 13.5. The molecule has 0 radical (unpaired) electrons. The van der Waals surface area contributed by atoms with E-state index < -0.39 is 11.6 Å². The summed E-state index contributed by atoms with van der Waals surface area (Å²) in [6.45, 7) is 5.62. The molecule has 1 fully saturated rings. The third-order valence-corrected chi connectivity index (χ3v) is 6.80. The smallest absolute Gasteiger partial charge is 0.355 e. The summed E-state index contributed by atoms with van der Waals surface area (Å²) in [5.41, 5.74) is 3.47. The Labute approximate surface area is 199 Å². The Hall–Kier alpha value is -3.34. The van der Waals surface area contributed by atoms with E-state index in [1.54, 1.807) is 0 Å². The van der Waals surface area contributed by atoms with Crippen LogP contribution in [0.15, 0.2) is 48.5 Å². The van der Waals surface area contributed by atoms with Crippen molar-refractivity contribution in [2.75, 3.05) is 7.11 Å². The van der Waals surface area contributed by atoms with Crippen LogP contribution in [0.3, 0.4) is 0 Å². The number of fused-ring (bicyclic) bond motifs is 5. The Bertz CT molecular complexity index is 1420. The van der Waals surface area contributed by atoms with Gasteiger partial charge in [0.15, 0.2) is 0 Å². The number of rotatable bonds is 3. The molecule has 1 saturated carbocycles. The van der Waals surface area contributed by atoms with E-state index in [0.717, 1.165) is 40.0 Å². The van der Waals surface area contributed by atoms with Crippen molar-refractivity contribution in [2.45, 2.75) is 64.4 Å².